The van der Waals surface area contributed by atoms with Crippen molar-refractivity contribution in [1.29, 1.82) is 5.26 Å². The van der Waals surface area contributed by atoms with Gasteiger partial charge in [0.1, 0.15) is 6.54 Å². The van der Waals surface area contributed by atoms with Crippen molar-refractivity contribution in [3.8, 4) is 6.07 Å². The summed E-state index contributed by atoms with van der Waals surface area (Å²) in [6.07, 6.45) is -0.565. The van der Waals surface area contributed by atoms with Crippen LogP contribution in [0.15, 0.2) is 29.6 Å². The Morgan fingerprint density at radius 3 is 2.87 bits per heavy atom. The number of amides is 2. The van der Waals surface area contributed by atoms with E-state index in [1.165, 1.54) is 11.3 Å². The fourth-order valence-electron chi connectivity index (χ4n) is 2.23. The molecule has 0 fully saturated rings. The minimum absolute atomic E-state index is 0.0726. The first-order valence-corrected chi connectivity index (χ1v) is 8.06. The topological polar surface area (TPSA) is 91.2 Å². The highest BCUT2D eigenvalue weighted by molar-refractivity contribution is 7.17. The Bertz CT molecular complexity index is 735. The summed E-state index contributed by atoms with van der Waals surface area (Å²) in [5.41, 5.74) is 0.831. The van der Waals surface area contributed by atoms with Crippen molar-refractivity contribution in [1.82, 2.24) is 10.6 Å². The van der Waals surface area contributed by atoms with Crippen LogP contribution in [0.1, 0.15) is 18.4 Å². The highest BCUT2D eigenvalue weighted by Gasteiger charge is 2.24. The van der Waals surface area contributed by atoms with Gasteiger partial charge < -0.3 is 15.4 Å². The van der Waals surface area contributed by atoms with E-state index in [1.54, 1.807) is 6.92 Å². The minimum Gasteiger partial charge on any atom is -0.450 e. The molecule has 6 nitrogen and oxygen atoms in total. The molecule has 120 valence electrons. The SMILES string of the molecule is CCOC(=O)NCC(C(=O)NCC#N)c1csc2ccccc12. The second-order valence-corrected chi connectivity index (χ2v) is 5.63. The maximum absolute atomic E-state index is 12.4. The fourth-order valence-corrected chi connectivity index (χ4v) is 3.24. The maximum Gasteiger partial charge on any atom is 0.407 e. The van der Waals surface area contributed by atoms with Gasteiger partial charge in [-0.25, -0.2) is 4.79 Å². The Morgan fingerprint density at radius 2 is 2.13 bits per heavy atom. The first-order valence-electron chi connectivity index (χ1n) is 7.18. The molecule has 0 spiro atoms. The summed E-state index contributed by atoms with van der Waals surface area (Å²) in [5.74, 6) is -0.879. The molecule has 1 aromatic carbocycles. The number of thiophene rings is 1. The zero-order chi connectivity index (χ0) is 16.7. The Balaban J connectivity index is 2.23. The van der Waals surface area contributed by atoms with Gasteiger partial charge in [-0.2, -0.15) is 5.26 Å². The largest absolute Gasteiger partial charge is 0.450 e. The number of nitriles is 1. The van der Waals surface area contributed by atoms with Gasteiger partial charge in [-0.05, 0) is 29.3 Å². The quantitative estimate of drug-likeness (QED) is 0.795. The van der Waals surface area contributed by atoms with Crippen molar-refractivity contribution in [3.05, 3.63) is 35.2 Å². The van der Waals surface area contributed by atoms with Crippen LogP contribution in [0.2, 0.25) is 0 Å². The molecule has 1 unspecified atom stereocenters. The first kappa shape index (κ1) is 16.8. The van der Waals surface area contributed by atoms with Crippen LogP contribution >= 0.6 is 11.3 Å². The van der Waals surface area contributed by atoms with Gasteiger partial charge in [0.15, 0.2) is 0 Å². The molecule has 7 heteroatoms. The molecule has 0 radical (unpaired) electrons. The van der Waals surface area contributed by atoms with Gasteiger partial charge in [0.2, 0.25) is 5.91 Å². The molecule has 2 aromatic rings. The van der Waals surface area contributed by atoms with Crippen LogP contribution in [-0.2, 0) is 9.53 Å². The van der Waals surface area contributed by atoms with Gasteiger partial charge in [-0.15, -0.1) is 11.3 Å². The van der Waals surface area contributed by atoms with Crippen molar-refractivity contribution in [2.75, 3.05) is 19.7 Å². The number of alkyl carbamates (subject to hydrolysis) is 1. The number of hydrogen-bond acceptors (Lipinski definition) is 5. The predicted molar refractivity (Wildman–Crippen MR) is 88.2 cm³/mol. The molecule has 1 aromatic heterocycles. The summed E-state index contributed by atoms with van der Waals surface area (Å²) in [6.45, 7) is 2.01. The van der Waals surface area contributed by atoms with E-state index in [-0.39, 0.29) is 25.6 Å². The lowest BCUT2D eigenvalue weighted by Crippen LogP contribution is -2.37. The number of rotatable bonds is 6. The number of fused-ring (bicyclic) bond motifs is 1. The van der Waals surface area contributed by atoms with Gasteiger partial charge in [0.25, 0.3) is 0 Å². The molecular formula is C16H17N3O3S. The summed E-state index contributed by atoms with van der Waals surface area (Å²) in [4.78, 5) is 23.9. The Kier molecular flexibility index (Phi) is 5.94. The molecule has 2 rings (SSSR count). The van der Waals surface area contributed by atoms with Crippen LogP contribution in [-0.4, -0.2) is 31.7 Å². The van der Waals surface area contributed by atoms with Crippen LogP contribution < -0.4 is 10.6 Å². The zero-order valence-electron chi connectivity index (χ0n) is 12.7. The number of nitrogens with one attached hydrogen (secondary N) is 2. The van der Waals surface area contributed by atoms with E-state index in [1.807, 2.05) is 35.7 Å². The second-order valence-electron chi connectivity index (χ2n) is 4.72. The van der Waals surface area contributed by atoms with Crippen LogP contribution in [0.25, 0.3) is 10.1 Å². The molecule has 0 aliphatic carbocycles. The van der Waals surface area contributed by atoms with Gasteiger partial charge in [-0.1, -0.05) is 18.2 Å². The van der Waals surface area contributed by atoms with Crippen LogP contribution in [0, 0.1) is 11.3 Å². The third kappa shape index (κ3) is 4.20. The number of carbonyl (C=O) groups excluding carboxylic acids is 2. The Morgan fingerprint density at radius 1 is 1.35 bits per heavy atom. The molecule has 0 saturated heterocycles. The van der Waals surface area contributed by atoms with Gasteiger partial charge >= 0.3 is 6.09 Å². The van der Waals surface area contributed by atoms with Gasteiger partial charge in [0, 0.05) is 11.2 Å². The highest BCUT2D eigenvalue weighted by atomic mass is 32.1. The molecule has 0 bridgehead atoms. The van der Waals surface area contributed by atoms with Crippen molar-refractivity contribution in [2.24, 2.45) is 0 Å². The van der Waals surface area contributed by atoms with E-state index in [4.69, 9.17) is 10.00 Å². The van der Waals surface area contributed by atoms with E-state index < -0.39 is 12.0 Å². The van der Waals surface area contributed by atoms with E-state index >= 15 is 0 Å². The lowest BCUT2D eigenvalue weighted by molar-refractivity contribution is -0.122. The molecular weight excluding hydrogens is 314 g/mol. The number of carbonyl (C=O) groups is 2. The maximum atomic E-state index is 12.4. The van der Waals surface area contributed by atoms with E-state index in [0.29, 0.717) is 0 Å². The summed E-state index contributed by atoms with van der Waals surface area (Å²) in [5, 5.41) is 16.7. The first-order chi connectivity index (χ1) is 11.2. The molecule has 2 N–H and O–H groups in total. The standard InChI is InChI=1S/C16H17N3O3S/c1-2-22-16(21)19-9-12(15(20)18-8-7-17)13-10-23-14-6-4-3-5-11(13)14/h3-6,10,12H,2,8-9H2,1H3,(H,18,20)(H,19,21). The molecule has 2 amide bonds. The second kappa shape index (κ2) is 8.15. The highest BCUT2D eigenvalue weighted by Crippen LogP contribution is 2.31. The predicted octanol–water partition coefficient (Wildman–Crippen LogP) is 2.37. The average Bonchev–Trinajstić information content (AvgIpc) is 2.97. The number of ether oxygens (including phenoxy) is 1. The van der Waals surface area contributed by atoms with Crippen LogP contribution in [0.5, 0.6) is 0 Å². The summed E-state index contributed by atoms with van der Waals surface area (Å²) < 4.78 is 5.89. The van der Waals surface area contributed by atoms with Gasteiger partial charge in [0.05, 0.1) is 18.6 Å². The van der Waals surface area contributed by atoms with E-state index in [0.717, 1.165) is 15.6 Å². The van der Waals surface area contributed by atoms with Crippen LogP contribution in [0.3, 0.4) is 0 Å². The fraction of sp³-hybridized carbons (Fsp3) is 0.312. The van der Waals surface area contributed by atoms with Crippen LogP contribution in [0.4, 0.5) is 4.79 Å². The van der Waals surface area contributed by atoms with E-state index in [9.17, 15) is 9.59 Å². The van der Waals surface area contributed by atoms with Crippen molar-refractivity contribution < 1.29 is 14.3 Å². The van der Waals surface area contributed by atoms with Crippen molar-refractivity contribution >= 4 is 33.4 Å². The zero-order valence-corrected chi connectivity index (χ0v) is 13.5. The Hall–Kier alpha value is -2.59. The third-order valence-electron chi connectivity index (χ3n) is 3.27. The summed E-state index contributed by atoms with van der Waals surface area (Å²) in [7, 11) is 0. The monoisotopic (exact) mass is 331 g/mol. The number of benzene rings is 1. The molecule has 0 saturated carbocycles. The Labute approximate surface area is 138 Å². The molecule has 0 aliphatic heterocycles. The molecule has 23 heavy (non-hydrogen) atoms. The minimum atomic E-state index is -0.580. The molecule has 1 atom stereocenters. The smallest absolute Gasteiger partial charge is 0.407 e. The summed E-state index contributed by atoms with van der Waals surface area (Å²) >= 11 is 1.54. The number of hydrogen-bond donors (Lipinski definition) is 2. The lowest BCUT2D eigenvalue weighted by Gasteiger charge is -2.16. The lowest BCUT2D eigenvalue weighted by atomic mass is 9.97. The van der Waals surface area contributed by atoms with E-state index in [2.05, 4.69) is 10.6 Å². The summed E-state index contributed by atoms with van der Waals surface area (Å²) in [6, 6.07) is 9.64. The number of nitrogens with zero attached hydrogens (tertiary/aromatic N) is 1. The normalized spacial score (nSPS) is 11.5. The molecule has 0 aliphatic rings. The average molecular weight is 331 g/mol. The van der Waals surface area contributed by atoms with Gasteiger partial charge in [-0.3, -0.25) is 4.79 Å². The van der Waals surface area contributed by atoms with Crippen molar-refractivity contribution in [2.45, 2.75) is 12.8 Å². The van der Waals surface area contributed by atoms with Crippen molar-refractivity contribution in [3.63, 3.8) is 0 Å². The third-order valence-corrected chi connectivity index (χ3v) is 4.25. The molecule has 1 heterocycles.